The van der Waals surface area contributed by atoms with Crippen molar-refractivity contribution in [3.63, 3.8) is 0 Å². The van der Waals surface area contributed by atoms with E-state index in [0.717, 1.165) is 99.8 Å². The van der Waals surface area contributed by atoms with Crippen molar-refractivity contribution in [2.45, 2.75) is 52.4 Å². The van der Waals surface area contributed by atoms with Crippen LogP contribution in [-0.2, 0) is 10.8 Å². The molecular formula is C62H49N9. The highest BCUT2D eigenvalue weighted by Crippen LogP contribution is 2.54. The average Bonchev–Trinajstić information content (AvgIpc) is 4.03. The second-order valence-corrected chi connectivity index (χ2v) is 20.5. The van der Waals surface area contributed by atoms with E-state index in [1.807, 2.05) is 36.8 Å². The van der Waals surface area contributed by atoms with Gasteiger partial charge in [0.25, 0.3) is 0 Å². The smallest absolute Gasteiger partial charge is 0.116 e. The third-order valence-corrected chi connectivity index (χ3v) is 14.3. The molecular weight excluding hydrogens is 871 g/mol. The summed E-state index contributed by atoms with van der Waals surface area (Å²) in [7, 11) is 0. The van der Waals surface area contributed by atoms with Crippen LogP contribution in [0.15, 0.2) is 189 Å². The van der Waals surface area contributed by atoms with Crippen molar-refractivity contribution in [1.29, 1.82) is 0 Å². The fraction of sp³-hybridized carbons (Fsp3) is 0.129. The maximum absolute atomic E-state index is 5.20. The zero-order chi connectivity index (χ0) is 48.2. The van der Waals surface area contributed by atoms with E-state index in [0.29, 0.717) is 5.69 Å². The second-order valence-electron chi connectivity index (χ2n) is 20.5. The molecule has 0 aliphatic rings. The summed E-state index contributed by atoms with van der Waals surface area (Å²) in [5, 5.41) is 6.89. The van der Waals surface area contributed by atoms with Crippen LogP contribution in [0.3, 0.4) is 0 Å². The minimum Gasteiger partial charge on any atom is -0.306 e. The molecule has 9 heteroatoms. The second kappa shape index (κ2) is 15.9. The van der Waals surface area contributed by atoms with E-state index in [1.165, 1.54) is 21.9 Å². The zero-order valence-electron chi connectivity index (χ0n) is 40.4. The van der Waals surface area contributed by atoms with Crippen LogP contribution in [0.2, 0.25) is 0 Å². The van der Waals surface area contributed by atoms with E-state index in [9.17, 15) is 0 Å². The topological polar surface area (TPSA) is 92.1 Å². The normalized spacial score (nSPS) is 12.4. The molecule has 0 saturated carbocycles. The van der Waals surface area contributed by atoms with Crippen molar-refractivity contribution in [2.75, 3.05) is 0 Å². The van der Waals surface area contributed by atoms with Gasteiger partial charge in [-0.2, -0.15) is 0 Å². The maximum atomic E-state index is 5.20. The molecule has 7 aromatic carbocycles. The van der Waals surface area contributed by atoms with E-state index >= 15 is 0 Å². The van der Waals surface area contributed by atoms with Crippen LogP contribution in [0.4, 0.5) is 0 Å². The van der Waals surface area contributed by atoms with Gasteiger partial charge in [-0.25, -0.2) is 29.9 Å². The number of rotatable bonds is 6. The lowest BCUT2D eigenvalue weighted by atomic mass is 9.85. The number of aromatic nitrogens is 9. The molecule has 13 rings (SSSR count). The SMILES string of the molecule is CC(C)(C)c1ccc2c(c1)c1cc(C(C)(C)C)ccc1n2-c1c(-n2c3ccccc3c3ccccc32)c(-c2ccncn2)c(-c2ccncn2)c(-c2ccncn2)c1-n1c2ccccc2c2ccccc21. The first-order valence-electron chi connectivity index (χ1n) is 24.2. The van der Waals surface area contributed by atoms with Gasteiger partial charge in [0, 0.05) is 67.6 Å². The largest absolute Gasteiger partial charge is 0.306 e. The Morgan fingerprint density at radius 3 is 0.944 bits per heavy atom. The van der Waals surface area contributed by atoms with Crippen molar-refractivity contribution in [3.05, 3.63) is 200 Å². The highest BCUT2D eigenvalue weighted by atomic mass is 15.1. The van der Waals surface area contributed by atoms with Crippen LogP contribution in [-0.4, -0.2) is 43.6 Å². The minimum absolute atomic E-state index is 0.105. The van der Waals surface area contributed by atoms with Gasteiger partial charge in [0.05, 0.1) is 67.2 Å². The van der Waals surface area contributed by atoms with Gasteiger partial charge in [-0.05, 0) is 88.7 Å². The van der Waals surface area contributed by atoms with Gasteiger partial charge in [0.1, 0.15) is 19.0 Å². The third kappa shape index (κ3) is 6.53. The van der Waals surface area contributed by atoms with Crippen LogP contribution in [0.1, 0.15) is 52.7 Å². The zero-order valence-corrected chi connectivity index (χ0v) is 40.4. The Morgan fingerprint density at radius 1 is 0.310 bits per heavy atom. The van der Waals surface area contributed by atoms with Crippen LogP contribution < -0.4 is 0 Å². The number of benzene rings is 7. The molecule has 0 fully saturated rings. The number of nitrogens with zero attached hydrogens (tertiary/aromatic N) is 9. The summed E-state index contributed by atoms with van der Waals surface area (Å²) >= 11 is 0. The van der Waals surface area contributed by atoms with Crippen molar-refractivity contribution in [3.8, 4) is 50.8 Å². The molecule has 0 radical (unpaired) electrons. The summed E-state index contributed by atoms with van der Waals surface area (Å²) in [5.41, 5.74) is 16.1. The third-order valence-electron chi connectivity index (χ3n) is 14.3. The standard InChI is InChI=1S/C62H49N9/c1-61(2,3)38-23-25-53-44(33-38)45-34-39(62(4,5)6)24-26-54(45)71(53)60-58(69-49-19-11-7-15-40(49)41-16-8-12-20-50(41)69)56(47-28-31-64-36-67-47)55(46-27-30-63-35-66-46)57(48-29-32-65-37-68-48)59(60)70-51-21-13-9-17-42(51)43-18-10-14-22-52(43)70/h7-37H,1-6H3. The molecule has 0 atom stereocenters. The van der Waals surface area contributed by atoms with Crippen molar-refractivity contribution in [1.82, 2.24) is 43.6 Å². The van der Waals surface area contributed by atoms with Crippen LogP contribution in [0.25, 0.3) is 116 Å². The highest BCUT2D eigenvalue weighted by Gasteiger charge is 2.35. The molecule has 13 aromatic rings. The predicted octanol–water partition coefficient (Wildman–Crippen LogP) is 14.9. The van der Waals surface area contributed by atoms with Crippen molar-refractivity contribution in [2.24, 2.45) is 0 Å². The van der Waals surface area contributed by atoms with E-state index in [4.69, 9.17) is 15.0 Å². The van der Waals surface area contributed by atoms with E-state index in [2.05, 4.69) is 204 Å². The van der Waals surface area contributed by atoms with Crippen LogP contribution >= 0.6 is 0 Å². The van der Waals surface area contributed by atoms with E-state index in [1.54, 1.807) is 19.0 Å². The number of fused-ring (bicyclic) bond motifs is 9. The summed E-state index contributed by atoms with van der Waals surface area (Å²) in [6.45, 7) is 13.8. The summed E-state index contributed by atoms with van der Waals surface area (Å²) in [5.74, 6) is 0. The fourth-order valence-electron chi connectivity index (χ4n) is 11.0. The van der Waals surface area contributed by atoms with Gasteiger partial charge >= 0.3 is 0 Å². The molecule has 0 unspecified atom stereocenters. The molecule has 6 heterocycles. The Hall–Kier alpha value is -8.82. The summed E-state index contributed by atoms with van der Waals surface area (Å²) < 4.78 is 7.46. The van der Waals surface area contributed by atoms with Gasteiger partial charge in [-0.15, -0.1) is 0 Å². The summed E-state index contributed by atoms with van der Waals surface area (Å²) in [6, 6.07) is 55.1. The van der Waals surface area contributed by atoms with Gasteiger partial charge in [0.15, 0.2) is 0 Å². The molecule has 71 heavy (non-hydrogen) atoms. The van der Waals surface area contributed by atoms with Gasteiger partial charge < -0.3 is 13.7 Å². The van der Waals surface area contributed by atoms with Gasteiger partial charge in [-0.1, -0.05) is 126 Å². The lowest BCUT2D eigenvalue weighted by molar-refractivity contribution is 0.590. The number of para-hydroxylation sites is 4. The minimum atomic E-state index is -0.105. The highest BCUT2D eigenvalue weighted by molar-refractivity contribution is 6.17. The fourth-order valence-corrected chi connectivity index (χ4v) is 11.0. The quantitative estimate of drug-likeness (QED) is 0.165. The predicted molar refractivity (Wildman–Crippen MR) is 290 cm³/mol. The van der Waals surface area contributed by atoms with E-state index in [-0.39, 0.29) is 10.8 Å². The molecule has 0 aliphatic heterocycles. The molecule has 0 N–H and O–H groups in total. The maximum Gasteiger partial charge on any atom is 0.116 e. The summed E-state index contributed by atoms with van der Waals surface area (Å²) in [4.78, 5) is 29.1. The van der Waals surface area contributed by atoms with E-state index < -0.39 is 0 Å². The van der Waals surface area contributed by atoms with Gasteiger partial charge in [0.2, 0.25) is 0 Å². The van der Waals surface area contributed by atoms with Crippen molar-refractivity contribution >= 4 is 65.4 Å². The molecule has 6 aromatic heterocycles. The Balaban J connectivity index is 1.41. The van der Waals surface area contributed by atoms with Crippen LogP contribution in [0, 0.1) is 0 Å². The molecule has 0 spiro atoms. The lowest BCUT2D eigenvalue weighted by Crippen LogP contribution is -2.15. The Morgan fingerprint density at radius 2 is 0.620 bits per heavy atom. The van der Waals surface area contributed by atoms with Crippen LogP contribution in [0.5, 0.6) is 0 Å². The Labute approximate surface area is 410 Å². The number of hydrogen-bond donors (Lipinski definition) is 0. The monoisotopic (exact) mass is 919 g/mol. The molecule has 342 valence electrons. The Kier molecular flexibility index (Phi) is 9.45. The molecule has 0 aliphatic carbocycles. The Bertz CT molecular complexity index is 3870. The molecule has 0 amide bonds. The first-order valence-corrected chi connectivity index (χ1v) is 24.2. The molecule has 0 saturated heterocycles. The first kappa shape index (κ1) is 42.3. The lowest BCUT2D eigenvalue weighted by Gasteiger charge is -2.30. The number of hydrogen-bond acceptors (Lipinski definition) is 6. The van der Waals surface area contributed by atoms with Crippen molar-refractivity contribution < 1.29 is 0 Å². The first-order chi connectivity index (χ1) is 34.6. The molecule has 9 nitrogen and oxygen atoms in total. The average molecular weight is 920 g/mol. The summed E-state index contributed by atoms with van der Waals surface area (Å²) in [6.07, 6.45) is 10.4. The molecule has 0 bridgehead atoms. The van der Waals surface area contributed by atoms with Gasteiger partial charge in [-0.3, -0.25) is 0 Å².